The lowest BCUT2D eigenvalue weighted by atomic mass is 10.1. The summed E-state index contributed by atoms with van der Waals surface area (Å²) in [6.45, 7) is 1.88. The van der Waals surface area contributed by atoms with Gasteiger partial charge >= 0.3 is 0 Å². The van der Waals surface area contributed by atoms with Gasteiger partial charge in [0, 0.05) is 6.42 Å². The summed E-state index contributed by atoms with van der Waals surface area (Å²) in [5.74, 6) is 2.32. The van der Waals surface area contributed by atoms with Crippen LogP contribution in [0, 0.1) is 12.3 Å². The summed E-state index contributed by atoms with van der Waals surface area (Å²) < 4.78 is 10.2. The molecular formula is C9H14O4. The molecule has 1 aliphatic heterocycles. The minimum Gasteiger partial charge on any atom is -0.389 e. The number of hydrogen-bond donors (Lipinski definition) is 2. The number of terminal acetylenes is 1. The van der Waals surface area contributed by atoms with Gasteiger partial charge in [-0.3, -0.25) is 0 Å². The van der Waals surface area contributed by atoms with Crippen molar-refractivity contribution in [2.24, 2.45) is 0 Å². The molecule has 0 aromatic rings. The van der Waals surface area contributed by atoms with Gasteiger partial charge in [-0.05, 0) is 6.92 Å². The Morgan fingerprint density at radius 1 is 1.69 bits per heavy atom. The lowest BCUT2D eigenvalue weighted by molar-refractivity contribution is -0.263. The number of aliphatic hydroxyl groups is 2. The van der Waals surface area contributed by atoms with E-state index in [1.54, 1.807) is 6.92 Å². The molecule has 1 heterocycles. The van der Waals surface area contributed by atoms with E-state index in [2.05, 4.69) is 5.92 Å². The summed E-state index contributed by atoms with van der Waals surface area (Å²) in [6, 6.07) is 0. The molecule has 0 radical (unpaired) electrons. The summed E-state index contributed by atoms with van der Waals surface area (Å²) in [5, 5.41) is 18.9. The third kappa shape index (κ3) is 2.68. The molecule has 0 aliphatic carbocycles. The monoisotopic (exact) mass is 186 g/mol. The van der Waals surface area contributed by atoms with Crippen molar-refractivity contribution in [1.29, 1.82) is 0 Å². The third-order valence-electron chi connectivity index (χ3n) is 1.94. The smallest absolute Gasteiger partial charge is 0.155 e. The number of ether oxygens (including phenoxy) is 2. The van der Waals surface area contributed by atoms with Gasteiger partial charge in [0.15, 0.2) is 6.29 Å². The Labute approximate surface area is 77.5 Å². The molecular weight excluding hydrogens is 172 g/mol. The number of aliphatic hydroxyl groups excluding tert-OH is 2. The summed E-state index contributed by atoms with van der Waals surface area (Å²) in [7, 11) is 0. The summed E-state index contributed by atoms with van der Waals surface area (Å²) >= 11 is 0. The van der Waals surface area contributed by atoms with Gasteiger partial charge in [0.25, 0.3) is 0 Å². The molecule has 0 unspecified atom stereocenters. The fraction of sp³-hybridized carbons (Fsp3) is 0.778. The maximum Gasteiger partial charge on any atom is 0.155 e. The summed E-state index contributed by atoms with van der Waals surface area (Å²) in [6.07, 6.45) is 2.54. The van der Waals surface area contributed by atoms with E-state index in [1.165, 1.54) is 0 Å². The topological polar surface area (TPSA) is 58.9 Å². The Morgan fingerprint density at radius 2 is 2.38 bits per heavy atom. The Hall–Kier alpha value is -0.600. The van der Waals surface area contributed by atoms with Crippen LogP contribution in [0.25, 0.3) is 0 Å². The van der Waals surface area contributed by atoms with Crippen molar-refractivity contribution in [2.75, 3.05) is 6.61 Å². The Bertz CT molecular complexity index is 198. The van der Waals surface area contributed by atoms with Gasteiger partial charge < -0.3 is 19.7 Å². The van der Waals surface area contributed by atoms with E-state index in [1.807, 2.05) is 0 Å². The van der Waals surface area contributed by atoms with Crippen molar-refractivity contribution in [3.8, 4) is 12.3 Å². The van der Waals surface area contributed by atoms with E-state index in [0.717, 1.165) is 0 Å². The maximum absolute atomic E-state index is 9.48. The highest BCUT2D eigenvalue weighted by atomic mass is 16.7. The van der Waals surface area contributed by atoms with Crippen LogP contribution in [0.4, 0.5) is 0 Å². The minimum absolute atomic E-state index is 0.174. The molecule has 74 valence electrons. The lowest BCUT2D eigenvalue weighted by Crippen LogP contribution is -2.48. The van der Waals surface area contributed by atoms with E-state index >= 15 is 0 Å². The fourth-order valence-corrected chi connectivity index (χ4v) is 1.26. The normalized spacial score (nSPS) is 36.6. The molecule has 13 heavy (non-hydrogen) atoms. The Balaban J connectivity index is 2.50. The van der Waals surface area contributed by atoms with Gasteiger partial charge in [0.05, 0.1) is 12.7 Å². The van der Waals surface area contributed by atoms with Crippen molar-refractivity contribution in [2.45, 2.75) is 37.9 Å². The molecule has 1 aliphatic rings. The van der Waals surface area contributed by atoms with Crippen LogP contribution in [0.2, 0.25) is 0 Å². The van der Waals surface area contributed by atoms with Gasteiger partial charge in [-0.2, -0.15) is 0 Å². The van der Waals surface area contributed by atoms with Crippen LogP contribution in [0.3, 0.4) is 0 Å². The van der Waals surface area contributed by atoms with E-state index in [0.29, 0.717) is 0 Å². The van der Waals surface area contributed by atoms with E-state index in [4.69, 9.17) is 15.9 Å². The zero-order valence-electron chi connectivity index (χ0n) is 7.51. The van der Waals surface area contributed by atoms with Crippen LogP contribution < -0.4 is 0 Å². The van der Waals surface area contributed by atoms with Gasteiger partial charge in [0.2, 0.25) is 0 Å². The highest BCUT2D eigenvalue weighted by Crippen LogP contribution is 2.17. The van der Waals surface area contributed by atoms with Crippen molar-refractivity contribution in [3.63, 3.8) is 0 Å². The van der Waals surface area contributed by atoms with Crippen LogP contribution in [0.5, 0.6) is 0 Å². The average Bonchev–Trinajstić information content (AvgIpc) is 2.09. The average molecular weight is 186 g/mol. The molecule has 0 spiro atoms. The first-order valence-electron chi connectivity index (χ1n) is 4.21. The molecule has 0 amide bonds. The molecule has 1 saturated heterocycles. The van der Waals surface area contributed by atoms with Gasteiger partial charge in [0.1, 0.15) is 12.2 Å². The first kappa shape index (κ1) is 10.5. The third-order valence-corrected chi connectivity index (χ3v) is 1.94. The quantitative estimate of drug-likeness (QED) is 0.570. The van der Waals surface area contributed by atoms with Crippen molar-refractivity contribution in [1.82, 2.24) is 0 Å². The zero-order valence-corrected chi connectivity index (χ0v) is 7.51. The second-order valence-corrected chi connectivity index (χ2v) is 3.04. The van der Waals surface area contributed by atoms with E-state index in [9.17, 15) is 10.2 Å². The van der Waals surface area contributed by atoms with Crippen LogP contribution in [0.1, 0.15) is 13.3 Å². The molecule has 4 heteroatoms. The predicted molar refractivity (Wildman–Crippen MR) is 45.8 cm³/mol. The second-order valence-electron chi connectivity index (χ2n) is 3.04. The molecule has 1 rings (SSSR count). The molecule has 0 saturated carbocycles. The SMILES string of the molecule is C#CC[C@H](O)[C@H]1O[C@@H](C)OC[C@H]1O. The fourth-order valence-electron chi connectivity index (χ4n) is 1.26. The molecule has 0 aromatic carbocycles. The second kappa shape index (κ2) is 4.58. The molecule has 4 atom stereocenters. The van der Waals surface area contributed by atoms with Crippen molar-refractivity contribution >= 4 is 0 Å². The van der Waals surface area contributed by atoms with Crippen molar-refractivity contribution in [3.05, 3.63) is 0 Å². The summed E-state index contributed by atoms with van der Waals surface area (Å²) in [5.41, 5.74) is 0. The van der Waals surface area contributed by atoms with Gasteiger partial charge in [-0.1, -0.05) is 0 Å². The van der Waals surface area contributed by atoms with E-state index < -0.39 is 24.6 Å². The largest absolute Gasteiger partial charge is 0.389 e. The van der Waals surface area contributed by atoms with Gasteiger partial charge in [-0.25, -0.2) is 0 Å². The first-order chi connectivity index (χ1) is 6.15. The standard InChI is InChI=1S/C9H14O4/c1-3-4-7(10)9-8(11)5-12-6(2)13-9/h1,6-11H,4-5H2,2H3/t6-,7-,8+,9+/m0/s1. The number of rotatable bonds is 2. The maximum atomic E-state index is 9.48. The molecule has 0 aromatic heterocycles. The Morgan fingerprint density at radius 3 is 3.00 bits per heavy atom. The van der Waals surface area contributed by atoms with Gasteiger partial charge in [-0.15, -0.1) is 12.3 Å². The Kier molecular flexibility index (Phi) is 3.70. The molecule has 0 bridgehead atoms. The molecule has 2 N–H and O–H groups in total. The van der Waals surface area contributed by atoms with Crippen LogP contribution >= 0.6 is 0 Å². The lowest BCUT2D eigenvalue weighted by Gasteiger charge is -2.34. The predicted octanol–water partition coefficient (Wildman–Crippen LogP) is -0.507. The summed E-state index contributed by atoms with van der Waals surface area (Å²) in [4.78, 5) is 0. The number of hydrogen-bond acceptors (Lipinski definition) is 4. The highest BCUT2D eigenvalue weighted by Gasteiger charge is 2.33. The highest BCUT2D eigenvalue weighted by molar-refractivity contribution is 4.92. The van der Waals surface area contributed by atoms with E-state index in [-0.39, 0.29) is 13.0 Å². The van der Waals surface area contributed by atoms with Crippen LogP contribution in [-0.2, 0) is 9.47 Å². The van der Waals surface area contributed by atoms with Crippen LogP contribution in [0.15, 0.2) is 0 Å². The minimum atomic E-state index is -0.827. The molecule has 4 nitrogen and oxygen atoms in total. The zero-order chi connectivity index (χ0) is 9.84. The molecule has 1 fully saturated rings. The van der Waals surface area contributed by atoms with Crippen molar-refractivity contribution < 1.29 is 19.7 Å². The van der Waals surface area contributed by atoms with Crippen LogP contribution in [-0.4, -0.2) is 41.4 Å². The first-order valence-corrected chi connectivity index (χ1v) is 4.21.